The number of amides is 3. The number of hydrogen-bond donors (Lipinski definition) is 2. The number of rotatable bonds is 10. The van der Waals surface area contributed by atoms with Crippen LogP contribution < -0.4 is 10.6 Å². The average molecular weight is 573 g/mol. The molecule has 1 aromatic heterocycles. The summed E-state index contributed by atoms with van der Waals surface area (Å²) < 4.78 is 46.8. The second-order valence-electron chi connectivity index (χ2n) is 9.37. The fraction of sp³-hybridized carbons (Fsp3) is 0.346. The number of benzene rings is 1. The van der Waals surface area contributed by atoms with E-state index < -0.39 is 38.5 Å². The maximum absolute atomic E-state index is 15.2. The summed E-state index contributed by atoms with van der Waals surface area (Å²) in [6.45, 7) is -0.507. The molecule has 1 saturated carbocycles. The van der Waals surface area contributed by atoms with Gasteiger partial charge in [-0.15, -0.1) is 11.3 Å². The van der Waals surface area contributed by atoms with E-state index in [1.165, 1.54) is 25.3 Å². The average Bonchev–Trinajstić information content (AvgIpc) is 3.62. The van der Waals surface area contributed by atoms with Gasteiger partial charge in [0.2, 0.25) is 11.8 Å². The van der Waals surface area contributed by atoms with Crippen molar-refractivity contribution < 1.29 is 31.9 Å². The number of fused-ring (bicyclic) bond motifs is 2. The van der Waals surface area contributed by atoms with Gasteiger partial charge < -0.3 is 15.4 Å². The Hall–Kier alpha value is -3.55. The van der Waals surface area contributed by atoms with Gasteiger partial charge in [0.15, 0.2) is 15.1 Å². The van der Waals surface area contributed by atoms with Gasteiger partial charge in [0.05, 0.1) is 34.8 Å². The molecule has 39 heavy (non-hydrogen) atoms. The molecule has 13 heteroatoms. The zero-order valence-corrected chi connectivity index (χ0v) is 22.5. The van der Waals surface area contributed by atoms with E-state index in [2.05, 4.69) is 20.6 Å². The van der Waals surface area contributed by atoms with Crippen molar-refractivity contribution in [2.45, 2.75) is 24.1 Å². The van der Waals surface area contributed by atoms with Gasteiger partial charge in [-0.25, -0.2) is 22.8 Å². The quantitative estimate of drug-likeness (QED) is 0.443. The zero-order chi connectivity index (χ0) is 27.7. The number of aliphatic imine (C=N–C) groups is 1. The monoisotopic (exact) mass is 572 g/mol. The Bertz CT molecular complexity index is 1590. The fourth-order valence-corrected chi connectivity index (χ4v) is 7.17. The van der Waals surface area contributed by atoms with Crippen molar-refractivity contribution in [3.05, 3.63) is 58.9 Å². The summed E-state index contributed by atoms with van der Waals surface area (Å²) in [6.07, 6.45) is 9.87. The highest BCUT2D eigenvalue weighted by Crippen LogP contribution is 2.35. The molecule has 2 aliphatic carbocycles. The Morgan fingerprint density at radius 2 is 2.03 bits per heavy atom. The molecule has 0 saturated heterocycles. The molecule has 1 aromatic carbocycles. The van der Waals surface area contributed by atoms with E-state index in [4.69, 9.17) is 4.74 Å². The van der Waals surface area contributed by atoms with E-state index in [1.54, 1.807) is 24.3 Å². The molecule has 0 spiro atoms. The van der Waals surface area contributed by atoms with E-state index in [0.29, 0.717) is 21.5 Å². The van der Waals surface area contributed by atoms with Gasteiger partial charge in [0, 0.05) is 30.7 Å². The lowest BCUT2D eigenvalue weighted by Crippen LogP contribution is -2.41. The third kappa shape index (κ3) is 6.05. The minimum Gasteiger partial charge on any atom is -0.384 e. The van der Waals surface area contributed by atoms with Crippen molar-refractivity contribution in [1.82, 2.24) is 15.6 Å². The summed E-state index contributed by atoms with van der Waals surface area (Å²) in [5.41, 5.74) is 1.67. The Kier molecular flexibility index (Phi) is 7.56. The lowest BCUT2D eigenvalue weighted by Gasteiger charge is -2.18. The van der Waals surface area contributed by atoms with Crippen LogP contribution in [0.1, 0.15) is 28.7 Å². The van der Waals surface area contributed by atoms with Crippen molar-refractivity contribution in [2.24, 2.45) is 10.9 Å². The number of hydrogen-bond acceptors (Lipinski definition) is 8. The van der Waals surface area contributed by atoms with Crippen LogP contribution in [0.4, 0.5) is 4.39 Å². The molecule has 2 N–H and O–H groups in total. The Labute approximate surface area is 227 Å². The second kappa shape index (κ2) is 10.9. The number of dihydropyridines is 1. The summed E-state index contributed by atoms with van der Waals surface area (Å²) in [6, 6.07) is 2.85. The first kappa shape index (κ1) is 27.0. The molecule has 1 aliphatic heterocycles. The van der Waals surface area contributed by atoms with Crippen LogP contribution in [-0.2, 0) is 29.0 Å². The topological polar surface area (TPSA) is 144 Å². The Morgan fingerprint density at radius 3 is 2.77 bits per heavy atom. The SMILES string of the molecule is COCCS(=O)(=O)C(C(=O)NCC(=O)NC1CC1)c1nc2cc(C3=CC4C=CC(=O)N=C4C=C3)c(F)cc2s1. The van der Waals surface area contributed by atoms with Crippen molar-refractivity contribution in [3.63, 3.8) is 0 Å². The molecule has 2 unspecified atom stereocenters. The number of halogens is 1. The molecule has 5 rings (SSSR count). The van der Waals surface area contributed by atoms with E-state index in [-0.39, 0.29) is 41.6 Å². The summed E-state index contributed by atoms with van der Waals surface area (Å²) in [5, 5.41) is 3.41. The number of sulfone groups is 1. The smallest absolute Gasteiger partial charge is 0.269 e. The standard InChI is InChI=1S/C26H25FN4O6S2/c1-37-8-9-39(35,36)24(25(34)28-13-23(33)29-16-4-5-16)26-31-20-11-17(18(27)12-21(20)38-26)14-2-6-19-15(10-14)3-7-22(32)30-19/h2-3,6-7,10-12,15-16,24H,4-5,8-9,13H2,1H3,(H,28,34)(H,29,33). The molecule has 0 bridgehead atoms. The van der Waals surface area contributed by atoms with Crippen molar-refractivity contribution in [1.29, 1.82) is 0 Å². The van der Waals surface area contributed by atoms with Crippen LogP contribution in [-0.4, -0.2) is 68.9 Å². The van der Waals surface area contributed by atoms with Crippen LogP contribution in [0.15, 0.2) is 47.5 Å². The van der Waals surface area contributed by atoms with Crippen LogP contribution in [0.25, 0.3) is 15.8 Å². The maximum Gasteiger partial charge on any atom is 0.269 e. The lowest BCUT2D eigenvalue weighted by atomic mass is 9.89. The van der Waals surface area contributed by atoms with Crippen molar-refractivity contribution in [2.75, 3.05) is 26.0 Å². The molecular formula is C26H25FN4O6S2. The number of carbonyl (C=O) groups excluding carboxylic acids is 3. The number of nitrogens with zero attached hydrogens (tertiary/aromatic N) is 2. The molecule has 204 valence electrons. The lowest BCUT2D eigenvalue weighted by molar-refractivity contribution is -0.126. The fourth-order valence-electron chi connectivity index (χ4n) is 4.23. The van der Waals surface area contributed by atoms with Gasteiger partial charge >= 0.3 is 0 Å². The zero-order valence-electron chi connectivity index (χ0n) is 20.8. The van der Waals surface area contributed by atoms with E-state index in [9.17, 15) is 22.8 Å². The molecule has 10 nitrogen and oxygen atoms in total. The number of allylic oxidation sites excluding steroid dienone is 5. The van der Waals surface area contributed by atoms with Gasteiger partial charge in [-0.05, 0) is 36.6 Å². The van der Waals surface area contributed by atoms with Crippen LogP contribution in [0, 0.1) is 11.7 Å². The van der Waals surface area contributed by atoms with Gasteiger partial charge in [0.25, 0.3) is 5.91 Å². The number of nitrogens with one attached hydrogen (secondary N) is 2. The highest BCUT2D eigenvalue weighted by Gasteiger charge is 2.37. The van der Waals surface area contributed by atoms with E-state index in [1.807, 2.05) is 0 Å². The predicted molar refractivity (Wildman–Crippen MR) is 144 cm³/mol. The maximum atomic E-state index is 15.2. The molecule has 0 radical (unpaired) electrons. The van der Waals surface area contributed by atoms with E-state index >= 15 is 4.39 Å². The molecule has 3 amide bonds. The Balaban J connectivity index is 1.45. The number of ether oxygens (including phenoxy) is 1. The van der Waals surface area contributed by atoms with Crippen molar-refractivity contribution in [3.8, 4) is 0 Å². The van der Waals surface area contributed by atoms with Gasteiger partial charge in [0.1, 0.15) is 10.8 Å². The Morgan fingerprint density at radius 1 is 1.23 bits per heavy atom. The number of thiazole rings is 1. The summed E-state index contributed by atoms with van der Waals surface area (Å²) in [7, 11) is -2.74. The molecular weight excluding hydrogens is 547 g/mol. The largest absolute Gasteiger partial charge is 0.384 e. The molecule has 2 heterocycles. The molecule has 1 fully saturated rings. The minimum atomic E-state index is -4.09. The van der Waals surface area contributed by atoms with Crippen molar-refractivity contribution >= 4 is 60.4 Å². The van der Waals surface area contributed by atoms with Gasteiger partial charge in [-0.3, -0.25) is 14.4 Å². The molecule has 2 atom stereocenters. The number of carbonyl (C=O) groups is 3. The van der Waals surface area contributed by atoms with Crippen LogP contribution in [0.2, 0.25) is 0 Å². The second-order valence-corrected chi connectivity index (χ2v) is 12.6. The van der Waals surface area contributed by atoms with Gasteiger partial charge in [-0.1, -0.05) is 18.2 Å². The molecule has 3 aliphatic rings. The molecule has 2 aromatic rings. The third-order valence-corrected chi connectivity index (χ3v) is 9.51. The van der Waals surface area contributed by atoms with Crippen LogP contribution in [0.5, 0.6) is 0 Å². The highest BCUT2D eigenvalue weighted by atomic mass is 32.2. The summed E-state index contributed by atoms with van der Waals surface area (Å²) in [4.78, 5) is 45.1. The highest BCUT2D eigenvalue weighted by molar-refractivity contribution is 7.92. The summed E-state index contributed by atoms with van der Waals surface area (Å²) >= 11 is 0.899. The summed E-state index contributed by atoms with van der Waals surface area (Å²) in [5.74, 6) is -2.92. The normalized spacial score (nSPS) is 19.3. The van der Waals surface area contributed by atoms with E-state index in [0.717, 1.165) is 24.2 Å². The number of methoxy groups -OCH3 is 1. The first-order valence-electron chi connectivity index (χ1n) is 12.2. The van der Waals surface area contributed by atoms with Crippen LogP contribution >= 0.6 is 11.3 Å². The first-order valence-corrected chi connectivity index (χ1v) is 14.8. The minimum absolute atomic E-state index is 0.0333. The first-order chi connectivity index (χ1) is 18.6. The predicted octanol–water partition coefficient (Wildman–Crippen LogP) is 2.04. The van der Waals surface area contributed by atoms with Crippen LogP contribution in [0.3, 0.4) is 0 Å². The third-order valence-electron chi connectivity index (χ3n) is 6.38. The number of aromatic nitrogens is 1. The van der Waals surface area contributed by atoms with Gasteiger partial charge in [-0.2, -0.15) is 0 Å².